The van der Waals surface area contributed by atoms with E-state index in [2.05, 4.69) is 11.3 Å². The van der Waals surface area contributed by atoms with E-state index in [4.69, 9.17) is 23.2 Å². The first kappa shape index (κ1) is 14.1. The van der Waals surface area contributed by atoms with E-state index in [1.807, 2.05) is 18.2 Å². The molecule has 1 radical (unpaired) electrons. The zero-order valence-electron chi connectivity index (χ0n) is 11.1. The fourth-order valence-electron chi connectivity index (χ4n) is 2.10. The lowest BCUT2D eigenvalue weighted by molar-refractivity contribution is 0.631. The molecule has 3 rings (SSSR count). The van der Waals surface area contributed by atoms with Crippen LogP contribution in [-0.2, 0) is 0 Å². The standard InChI is InChI=1S/C16H10Cl2FN2/c1-10-13(12-7-6-11(17)8-15(12)19)9-21(20-10)16-5-3-2-4-14(16)18/h2-8H,1H3. The van der Waals surface area contributed by atoms with Gasteiger partial charge in [-0.3, -0.25) is 0 Å². The van der Waals surface area contributed by atoms with Crippen molar-refractivity contribution in [2.45, 2.75) is 6.92 Å². The summed E-state index contributed by atoms with van der Waals surface area (Å²) in [6, 6.07) is 11.8. The van der Waals surface area contributed by atoms with Gasteiger partial charge in [-0.05, 0) is 37.3 Å². The van der Waals surface area contributed by atoms with Crippen LogP contribution in [-0.4, -0.2) is 9.78 Å². The second-order valence-electron chi connectivity index (χ2n) is 4.56. The minimum atomic E-state index is -0.402. The number of halogens is 3. The third-order valence-corrected chi connectivity index (χ3v) is 3.67. The molecule has 2 nitrogen and oxygen atoms in total. The van der Waals surface area contributed by atoms with Gasteiger partial charge in [0.2, 0.25) is 0 Å². The molecule has 0 amide bonds. The molecular weight excluding hydrogens is 310 g/mol. The summed E-state index contributed by atoms with van der Waals surface area (Å²) in [4.78, 5) is 0. The maximum absolute atomic E-state index is 14.0. The third kappa shape index (κ3) is 2.67. The Morgan fingerprint density at radius 2 is 1.90 bits per heavy atom. The zero-order valence-corrected chi connectivity index (χ0v) is 12.6. The van der Waals surface area contributed by atoms with Gasteiger partial charge in [-0.15, -0.1) is 0 Å². The summed E-state index contributed by atoms with van der Waals surface area (Å²) in [5.74, 6) is -0.402. The number of hydrogen-bond donors (Lipinski definition) is 0. The fraction of sp³-hybridized carbons (Fsp3) is 0.0625. The fourth-order valence-corrected chi connectivity index (χ4v) is 2.47. The SMILES string of the molecule is Cc1nn(-c2ccccc2Cl)[c]c1-c1ccc(Cl)cc1F. The highest BCUT2D eigenvalue weighted by atomic mass is 35.5. The molecule has 0 saturated heterocycles. The van der Waals surface area contributed by atoms with Gasteiger partial charge in [0.1, 0.15) is 12.0 Å². The van der Waals surface area contributed by atoms with E-state index in [9.17, 15) is 4.39 Å². The summed E-state index contributed by atoms with van der Waals surface area (Å²) in [5, 5.41) is 5.27. The van der Waals surface area contributed by atoms with Crippen molar-refractivity contribution >= 4 is 23.2 Å². The first-order valence-electron chi connectivity index (χ1n) is 6.25. The molecule has 0 fully saturated rings. The number of benzene rings is 2. The largest absolute Gasteiger partial charge is 0.229 e. The van der Waals surface area contributed by atoms with Gasteiger partial charge in [-0.2, -0.15) is 5.10 Å². The predicted molar refractivity (Wildman–Crippen MR) is 82.6 cm³/mol. The number of para-hydroxylation sites is 1. The molecule has 0 aliphatic carbocycles. The number of rotatable bonds is 2. The van der Waals surface area contributed by atoms with Gasteiger partial charge in [-0.25, -0.2) is 9.07 Å². The smallest absolute Gasteiger partial charge is 0.132 e. The zero-order chi connectivity index (χ0) is 15.0. The van der Waals surface area contributed by atoms with Gasteiger partial charge in [0.15, 0.2) is 0 Å². The van der Waals surface area contributed by atoms with Gasteiger partial charge in [0, 0.05) is 16.1 Å². The molecule has 0 N–H and O–H groups in total. The Morgan fingerprint density at radius 3 is 2.62 bits per heavy atom. The molecule has 2 aromatic carbocycles. The summed E-state index contributed by atoms with van der Waals surface area (Å²) >= 11 is 11.9. The molecule has 0 unspecified atom stereocenters. The highest BCUT2D eigenvalue weighted by Crippen LogP contribution is 2.29. The van der Waals surface area contributed by atoms with Crippen LogP contribution in [0.25, 0.3) is 16.8 Å². The summed E-state index contributed by atoms with van der Waals surface area (Å²) < 4.78 is 15.6. The topological polar surface area (TPSA) is 17.8 Å². The van der Waals surface area contributed by atoms with Crippen molar-refractivity contribution in [2.75, 3.05) is 0 Å². The first-order chi connectivity index (χ1) is 10.1. The summed E-state index contributed by atoms with van der Waals surface area (Å²) in [7, 11) is 0. The molecule has 1 aromatic heterocycles. The molecular formula is C16H10Cl2FN2. The minimum absolute atomic E-state index is 0.354. The Balaban J connectivity index is 2.12. The van der Waals surface area contributed by atoms with Crippen molar-refractivity contribution in [1.82, 2.24) is 9.78 Å². The van der Waals surface area contributed by atoms with Crippen LogP contribution in [0.1, 0.15) is 5.69 Å². The summed E-state index contributed by atoms with van der Waals surface area (Å²) in [6.45, 7) is 1.80. The second kappa shape index (κ2) is 5.51. The Morgan fingerprint density at radius 1 is 1.14 bits per heavy atom. The van der Waals surface area contributed by atoms with Gasteiger partial charge in [0.05, 0.1) is 16.4 Å². The molecule has 0 saturated carbocycles. The molecule has 3 aromatic rings. The van der Waals surface area contributed by atoms with Crippen molar-refractivity contribution in [3.05, 3.63) is 70.2 Å². The average Bonchev–Trinajstić information content (AvgIpc) is 2.81. The van der Waals surface area contributed by atoms with Crippen LogP contribution in [0.4, 0.5) is 4.39 Å². The van der Waals surface area contributed by atoms with Crippen LogP contribution >= 0.6 is 23.2 Å². The quantitative estimate of drug-likeness (QED) is 0.643. The van der Waals surface area contributed by atoms with Crippen molar-refractivity contribution < 1.29 is 4.39 Å². The minimum Gasteiger partial charge on any atom is -0.229 e. The van der Waals surface area contributed by atoms with Crippen LogP contribution in [0.5, 0.6) is 0 Å². The molecule has 0 aliphatic heterocycles. The number of aromatic nitrogens is 2. The van der Waals surface area contributed by atoms with Crippen LogP contribution in [0.15, 0.2) is 42.5 Å². The van der Waals surface area contributed by atoms with E-state index < -0.39 is 5.82 Å². The van der Waals surface area contributed by atoms with Gasteiger partial charge < -0.3 is 0 Å². The van der Waals surface area contributed by atoms with Crippen molar-refractivity contribution in [3.8, 4) is 16.8 Å². The normalized spacial score (nSPS) is 10.9. The summed E-state index contributed by atoms with van der Waals surface area (Å²) in [5.41, 5.74) is 2.36. The monoisotopic (exact) mass is 319 g/mol. The number of aryl methyl sites for hydroxylation is 1. The van der Waals surface area contributed by atoms with Gasteiger partial charge in [0.25, 0.3) is 0 Å². The Bertz CT molecular complexity index is 812. The van der Waals surface area contributed by atoms with E-state index in [-0.39, 0.29) is 0 Å². The van der Waals surface area contributed by atoms with E-state index in [0.29, 0.717) is 32.6 Å². The molecule has 5 heteroatoms. The van der Waals surface area contributed by atoms with Crippen LogP contribution in [0.2, 0.25) is 10.0 Å². The Labute approximate surface area is 131 Å². The highest BCUT2D eigenvalue weighted by molar-refractivity contribution is 6.32. The highest BCUT2D eigenvalue weighted by Gasteiger charge is 2.14. The van der Waals surface area contributed by atoms with E-state index >= 15 is 0 Å². The van der Waals surface area contributed by atoms with Crippen LogP contribution in [0.3, 0.4) is 0 Å². The van der Waals surface area contributed by atoms with Gasteiger partial charge >= 0.3 is 0 Å². The van der Waals surface area contributed by atoms with Crippen molar-refractivity contribution in [3.63, 3.8) is 0 Å². The third-order valence-electron chi connectivity index (χ3n) is 3.11. The number of hydrogen-bond acceptors (Lipinski definition) is 1. The molecule has 1 heterocycles. The second-order valence-corrected chi connectivity index (χ2v) is 5.40. The molecule has 0 atom stereocenters. The average molecular weight is 320 g/mol. The molecule has 21 heavy (non-hydrogen) atoms. The maximum Gasteiger partial charge on any atom is 0.132 e. The van der Waals surface area contributed by atoms with Crippen LogP contribution < -0.4 is 0 Å². The lowest BCUT2D eigenvalue weighted by Gasteiger charge is -2.02. The molecule has 105 valence electrons. The predicted octanol–water partition coefficient (Wildman–Crippen LogP) is 5.09. The molecule has 0 spiro atoms. The van der Waals surface area contributed by atoms with Crippen molar-refractivity contribution in [1.29, 1.82) is 0 Å². The lowest BCUT2D eigenvalue weighted by Crippen LogP contribution is -1.95. The van der Waals surface area contributed by atoms with E-state index in [1.54, 1.807) is 25.1 Å². The van der Waals surface area contributed by atoms with Crippen LogP contribution in [0, 0.1) is 18.9 Å². The Hall–Kier alpha value is -1.84. The number of nitrogens with zero attached hydrogens (tertiary/aromatic N) is 2. The van der Waals surface area contributed by atoms with Gasteiger partial charge in [-0.1, -0.05) is 35.3 Å². The maximum atomic E-state index is 14.0. The first-order valence-corrected chi connectivity index (χ1v) is 7.01. The van der Waals surface area contributed by atoms with E-state index in [0.717, 1.165) is 0 Å². The molecule has 0 bridgehead atoms. The Kier molecular flexibility index (Phi) is 3.70. The van der Waals surface area contributed by atoms with Crippen molar-refractivity contribution in [2.24, 2.45) is 0 Å². The molecule has 0 aliphatic rings. The lowest BCUT2D eigenvalue weighted by atomic mass is 10.1. The van der Waals surface area contributed by atoms with E-state index in [1.165, 1.54) is 10.7 Å². The summed E-state index contributed by atoms with van der Waals surface area (Å²) in [6.07, 6.45) is 3.05.